The number of halogens is 1. The summed E-state index contributed by atoms with van der Waals surface area (Å²) in [6, 6.07) is 8.80. The van der Waals surface area contributed by atoms with Gasteiger partial charge in [-0.15, -0.1) is 0 Å². The standard InChI is InChI=1S/C24H27FN2O5/c1-4-26(5-2)11-12-27-21(15-7-6-8-17(28)13-15)20(23(30)24(27)31)22(29)18-14-16(25)9-10-19(18)32-3/h6-10,13-14,21,28-29H,4-5,11-12H2,1-3H3/b22-20+. The van der Waals surface area contributed by atoms with Crippen molar-refractivity contribution in [2.45, 2.75) is 19.9 Å². The molecule has 0 aliphatic carbocycles. The number of hydrogen-bond acceptors (Lipinski definition) is 6. The second kappa shape index (κ2) is 9.82. The number of phenols is 1. The van der Waals surface area contributed by atoms with Crippen LogP contribution in [0.3, 0.4) is 0 Å². The van der Waals surface area contributed by atoms with Gasteiger partial charge in [0.05, 0.1) is 24.3 Å². The highest BCUT2D eigenvalue weighted by molar-refractivity contribution is 6.46. The van der Waals surface area contributed by atoms with E-state index in [0.717, 1.165) is 19.2 Å². The van der Waals surface area contributed by atoms with Crippen molar-refractivity contribution in [3.63, 3.8) is 0 Å². The Balaban J connectivity index is 2.17. The number of rotatable bonds is 8. The summed E-state index contributed by atoms with van der Waals surface area (Å²) < 4.78 is 19.2. The van der Waals surface area contributed by atoms with Gasteiger partial charge in [0.1, 0.15) is 23.1 Å². The summed E-state index contributed by atoms with van der Waals surface area (Å²) in [5.41, 5.74) is 0.254. The Morgan fingerprint density at radius 2 is 1.88 bits per heavy atom. The monoisotopic (exact) mass is 442 g/mol. The lowest BCUT2D eigenvalue weighted by atomic mass is 9.95. The Kier molecular flexibility index (Phi) is 7.15. The van der Waals surface area contributed by atoms with Crippen LogP contribution in [-0.4, -0.2) is 65.0 Å². The topological polar surface area (TPSA) is 90.3 Å². The van der Waals surface area contributed by atoms with Crippen molar-refractivity contribution in [2.75, 3.05) is 33.3 Å². The number of nitrogens with zero attached hydrogens (tertiary/aromatic N) is 2. The van der Waals surface area contributed by atoms with Gasteiger partial charge in [-0.1, -0.05) is 26.0 Å². The van der Waals surface area contributed by atoms with Crippen molar-refractivity contribution in [1.29, 1.82) is 0 Å². The van der Waals surface area contributed by atoms with Gasteiger partial charge in [-0.05, 0) is 49.0 Å². The molecule has 1 aliphatic rings. The van der Waals surface area contributed by atoms with E-state index < -0.39 is 29.3 Å². The molecule has 0 spiro atoms. The SMILES string of the molecule is CCN(CC)CCN1C(=O)C(=O)/C(=C(/O)c2cc(F)ccc2OC)C1c1cccc(O)c1. The third-order valence-electron chi connectivity index (χ3n) is 5.69. The van der Waals surface area contributed by atoms with Gasteiger partial charge in [0.15, 0.2) is 0 Å². The highest BCUT2D eigenvalue weighted by Gasteiger charge is 2.46. The molecule has 1 fully saturated rings. The highest BCUT2D eigenvalue weighted by atomic mass is 19.1. The van der Waals surface area contributed by atoms with E-state index in [-0.39, 0.29) is 29.2 Å². The van der Waals surface area contributed by atoms with E-state index >= 15 is 0 Å². The van der Waals surface area contributed by atoms with E-state index in [4.69, 9.17) is 4.74 Å². The zero-order valence-electron chi connectivity index (χ0n) is 18.3. The zero-order valence-corrected chi connectivity index (χ0v) is 18.3. The minimum absolute atomic E-state index is 0.0283. The van der Waals surface area contributed by atoms with Crippen LogP contribution in [0.15, 0.2) is 48.0 Å². The molecule has 8 heteroatoms. The average molecular weight is 442 g/mol. The molecule has 0 aromatic heterocycles. The van der Waals surface area contributed by atoms with Crippen LogP contribution in [0.1, 0.15) is 31.0 Å². The van der Waals surface area contributed by atoms with Crippen molar-refractivity contribution in [1.82, 2.24) is 9.80 Å². The summed E-state index contributed by atoms with van der Waals surface area (Å²) in [6.45, 7) is 6.32. The lowest BCUT2D eigenvalue weighted by Gasteiger charge is -2.28. The first-order chi connectivity index (χ1) is 15.3. The van der Waals surface area contributed by atoms with Gasteiger partial charge in [-0.25, -0.2) is 4.39 Å². The van der Waals surface area contributed by atoms with Crippen molar-refractivity contribution < 1.29 is 28.9 Å². The lowest BCUT2D eigenvalue weighted by Crippen LogP contribution is -2.38. The van der Waals surface area contributed by atoms with E-state index in [0.29, 0.717) is 12.1 Å². The van der Waals surface area contributed by atoms with Crippen LogP contribution in [0.2, 0.25) is 0 Å². The fourth-order valence-electron chi connectivity index (χ4n) is 3.95. The molecule has 3 rings (SSSR count). The van der Waals surface area contributed by atoms with Gasteiger partial charge in [-0.3, -0.25) is 9.59 Å². The smallest absolute Gasteiger partial charge is 0.295 e. The van der Waals surface area contributed by atoms with Gasteiger partial charge >= 0.3 is 0 Å². The summed E-state index contributed by atoms with van der Waals surface area (Å²) >= 11 is 0. The van der Waals surface area contributed by atoms with Crippen LogP contribution < -0.4 is 4.74 Å². The first-order valence-electron chi connectivity index (χ1n) is 10.5. The molecule has 170 valence electrons. The molecule has 2 aromatic rings. The third kappa shape index (κ3) is 4.45. The van der Waals surface area contributed by atoms with E-state index in [1.54, 1.807) is 12.1 Å². The van der Waals surface area contributed by atoms with Crippen molar-refractivity contribution in [3.05, 3.63) is 65.0 Å². The number of amides is 1. The minimum Gasteiger partial charge on any atom is -0.508 e. The maximum Gasteiger partial charge on any atom is 0.295 e. The Morgan fingerprint density at radius 1 is 1.16 bits per heavy atom. The van der Waals surface area contributed by atoms with E-state index in [2.05, 4.69) is 4.90 Å². The van der Waals surface area contributed by atoms with E-state index in [1.807, 2.05) is 13.8 Å². The fourth-order valence-corrected chi connectivity index (χ4v) is 3.95. The Labute approximate surface area is 186 Å². The molecule has 1 saturated heterocycles. The number of aromatic hydroxyl groups is 1. The second-order valence-electron chi connectivity index (χ2n) is 7.46. The fraction of sp³-hybridized carbons (Fsp3) is 0.333. The van der Waals surface area contributed by atoms with Crippen molar-refractivity contribution in [2.24, 2.45) is 0 Å². The number of aliphatic hydroxyl groups excluding tert-OH is 1. The number of likely N-dealkylation sites (N-methyl/N-ethyl adjacent to an activating group) is 1. The minimum atomic E-state index is -0.939. The molecular weight excluding hydrogens is 415 g/mol. The molecule has 1 amide bonds. The number of ketones is 1. The first kappa shape index (κ1) is 23.3. The molecule has 1 aliphatic heterocycles. The van der Waals surface area contributed by atoms with Gasteiger partial charge in [0.2, 0.25) is 0 Å². The number of likely N-dealkylation sites (tertiary alicyclic amines) is 1. The Hall–Kier alpha value is -3.39. The second-order valence-corrected chi connectivity index (χ2v) is 7.46. The molecule has 0 saturated carbocycles. The van der Waals surface area contributed by atoms with Crippen molar-refractivity contribution >= 4 is 17.4 Å². The molecule has 2 N–H and O–H groups in total. The number of carbonyl (C=O) groups excluding carboxylic acids is 2. The predicted octanol–water partition coefficient (Wildman–Crippen LogP) is 3.30. The maximum atomic E-state index is 14.0. The summed E-state index contributed by atoms with van der Waals surface area (Å²) in [6.07, 6.45) is 0. The van der Waals surface area contributed by atoms with Gasteiger partial charge in [0.25, 0.3) is 11.7 Å². The number of carbonyl (C=O) groups is 2. The average Bonchev–Trinajstić information content (AvgIpc) is 3.04. The van der Waals surface area contributed by atoms with Crippen LogP contribution >= 0.6 is 0 Å². The van der Waals surface area contributed by atoms with Crippen molar-refractivity contribution in [3.8, 4) is 11.5 Å². The number of hydrogen-bond donors (Lipinski definition) is 2. The van der Waals surface area contributed by atoms with E-state index in [9.17, 15) is 24.2 Å². The van der Waals surface area contributed by atoms with Crippen LogP contribution in [-0.2, 0) is 9.59 Å². The molecule has 7 nitrogen and oxygen atoms in total. The summed E-state index contributed by atoms with van der Waals surface area (Å²) in [5, 5.41) is 21.1. The Bertz CT molecular complexity index is 1050. The molecule has 1 heterocycles. The predicted molar refractivity (Wildman–Crippen MR) is 118 cm³/mol. The van der Waals surface area contributed by atoms with Gasteiger partial charge in [-0.2, -0.15) is 0 Å². The number of Topliss-reactive ketones (excluding diaryl/α,β-unsaturated/α-hetero) is 1. The first-order valence-corrected chi connectivity index (χ1v) is 10.5. The molecule has 0 bridgehead atoms. The van der Waals surface area contributed by atoms with Crippen LogP contribution in [0, 0.1) is 5.82 Å². The summed E-state index contributed by atoms with van der Waals surface area (Å²) in [5.74, 6) is -2.67. The number of benzene rings is 2. The molecule has 32 heavy (non-hydrogen) atoms. The number of methoxy groups -OCH3 is 1. The zero-order chi connectivity index (χ0) is 23.4. The van der Waals surface area contributed by atoms with Crippen LogP contribution in [0.4, 0.5) is 4.39 Å². The number of ether oxygens (including phenoxy) is 1. The van der Waals surface area contributed by atoms with E-state index in [1.165, 1.54) is 36.3 Å². The third-order valence-corrected chi connectivity index (χ3v) is 5.69. The van der Waals surface area contributed by atoms with Crippen LogP contribution in [0.25, 0.3) is 5.76 Å². The largest absolute Gasteiger partial charge is 0.508 e. The summed E-state index contributed by atoms with van der Waals surface area (Å²) in [7, 11) is 1.36. The Morgan fingerprint density at radius 3 is 2.50 bits per heavy atom. The molecular formula is C24H27FN2O5. The quantitative estimate of drug-likeness (QED) is 0.370. The normalized spacial score (nSPS) is 17.9. The molecule has 0 radical (unpaired) electrons. The molecule has 1 unspecified atom stereocenters. The number of phenolic OH excluding ortho intramolecular Hbond substituents is 1. The molecule has 1 atom stereocenters. The lowest BCUT2D eigenvalue weighted by molar-refractivity contribution is -0.140. The van der Waals surface area contributed by atoms with Crippen LogP contribution in [0.5, 0.6) is 11.5 Å². The number of aliphatic hydroxyl groups is 1. The molecule has 2 aromatic carbocycles. The van der Waals surface area contributed by atoms with Gasteiger partial charge < -0.3 is 24.7 Å². The summed E-state index contributed by atoms with van der Waals surface area (Å²) in [4.78, 5) is 29.5. The van der Waals surface area contributed by atoms with Gasteiger partial charge in [0, 0.05) is 13.1 Å². The highest BCUT2D eigenvalue weighted by Crippen LogP contribution is 2.41. The maximum absolute atomic E-state index is 14.0.